The van der Waals surface area contributed by atoms with Crippen LogP contribution in [0, 0.1) is 5.92 Å². The quantitative estimate of drug-likeness (QED) is 0.208. The molecule has 0 aromatic carbocycles. The molecule has 0 rings (SSSR count). The molecule has 0 aliphatic rings. The van der Waals surface area contributed by atoms with Crippen LogP contribution in [0.4, 0.5) is 0 Å². The Morgan fingerprint density at radius 3 is 1.65 bits per heavy atom. The van der Waals surface area contributed by atoms with Gasteiger partial charge in [-0.15, -0.1) is 0 Å². The first-order chi connectivity index (χ1) is 12.6. The molecule has 4 heteroatoms. The number of hydrogen-bond acceptors (Lipinski definition) is 3. The minimum Gasteiger partial charge on any atom is -0.481 e. The molecular formula is C22H42O4. The van der Waals surface area contributed by atoms with Gasteiger partial charge in [0.15, 0.2) is 0 Å². The molecular weight excluding hydrogens is 328 g/mol. The summed E-state index contributed by atoms with van der Waals surface area (Å²) in [5.41, 5.74) is 0. The van der Waals surface area contributed by atoms with E-state index >= 15 is 0 Å². The second-order valence-corrected chi connectivity index (χ2v) is 7.47. The number of unbranched alkanes of at least 4 members (excludes halogenated alkanes) is 10. The Labute approximate surface area is 161 Å². The summed E-state index contributed by atoms with van der Waals surface area (Å²) in [4.78, 5) is 22.9. The first-order valence-corrected chi connectivity index (χ1v) is 11.0. The molecule has 26 heavy (non-hydrogen) atoms. The van der Waals surface area contributed by atoms with Gasteiger partial charge in [-0.1, -0.05) is 90.9 Å². The number of carbonyl (C=O) groups excluding carboxylic acids is 1. The van der Waals surface area contributed by atoms with Crippen LogP contribution in [-0.4, -0.2) is 23.7 Å². The van der Waals surface area contributed by atoms with E-state index in [1.165, 1.54) is 64.2 Å². The van der Waals surface area contributed by atoms with E-state index in [9.17, 15) is 9.59 Å². The molecule has 0 aliphatic carbocycles. The van der Waals surface area contributed by atoms with Gasteiger partial charge in [-0.2, -0.15) is 0 Å². The number of rotatable bonds is 19. The summed E-state index contributed by atoms with van der Waals surface area (Å²) >= 11 is 0. The Kier molecular flexibility index (Phi) is 18.0. The molecule has 0 aromatic rings. The smallest absolute Gasteiger partial charge is 0.308 e. The Bertz CT molecular complexity index is 325. The summed E-state index contributed by atoms with van der Waals surface area (Å²) in [6.07, 6.45) is 17.1. The molecule has 154 valence electrons. The van der Waals surface area contributed by atoms with Crippen molar-refractivity contribution in [3.8, 4) is 0 Å². The normalized spacial score (nSPS) is 11.0. The maximum Gasteiger partial charge on any atom is 0.308 e. The van der Waals surface area contributed by atoms with Crippen molar-refractivity contribution in [1.82, 2.24) is 0 Å². The number of carbonyl (C=O) groups is 2. The molecule has 0 aliphatic heterocycles. The van der Waals surface area contributed by atoms with Crippen LogP contribution in [0.25, 0.3) is 0 Å². The lowest BCUT2D eigenvalue weighted by Crippen LogP contribution is -2.19. The number of aliphatic carboxylic acids is 1. The Balaban J connectivity index is 4.07. The van der Waals surface area contributed by atoms with E-state index in [0.717, 1.165) is 25.7 Å². The molecule has 0 heterocycles. The van der Waals surface area contributed by atoms with E-state index in [0.29, 0.717) is 6.42 Å². The Morgan fingerprint density at radius 2 is 1.19 bits per heavy atom. The van der Waals surface area contributed by atoms with Gasteiger partial charge in [-0.05, 0) is 19.3 Å². The number of ether oxygens (including phenoxy) is 1. The molecule has 0 bridgehead atoms. The first kappa shape index (κ1) is 24.9. The van der Waals surface area contributed by atoms with Crippen molar-refractivity contribution in [3.05, 3.63) is 0 Å². The Hall–Kier alpha value is -1.06. The second-order valence-electron chi connectivity index (χ2n) is 7.47. The highest BCUT2D eigenvalue weighted by Crippen LogP contribution is 2.21. The lowest BCUT2D eigenvalue weighted by atomic mass is 9.94. The highest BCUT2D eigenvalue weighted by atomic mass is 16.5. The van der Waals surface area contributed by atoms with Crippen molar-refractivity contribution >= 4 is 11.9 Å². The van der Waals surface area contributed by atoms with Crippen LogP contribution >= 0.6 is 0 Å². The molecule has 0 saturated heterocycles. The molecule has 0 saturated carbocycles. The molecule has 0 aromatic heterocycles. The SMILES string of the molecule is CCCCCCCCC(CCCCCCCC)C(=O)OCCCC(=O)O. The molecule has 0 radical (unpaired) electrons. The number of esters is 1. The van der Waals surface area contributed by atoms with Crippen molar-refractivity contribution in [1.29, 1.82) is 0 Å². The summed E-state index contributed by atoms with van der Waals surface area (Å²) in [6, 6.07) is 0. The monoisotopic (exact) mass is 370 g/mol. The summed E-state index contributed by atoms with van der Waals surface area (Å²) in [5, 5.41) is 8.66. The molecule has 0 spiro atoms. The number of hydrogen-bond donors (Lipinski definition) is 1. The third-order valence-electron chi connectivity index (χ3n) is 4.92. The van der Waals surface area contributed by atoms with E-state index < -0.39 is 5.97 Å². The maximum atomic E-state index is 12.4. The number of carboxylic acid groups (broad SMARTS) is 1. The molecule has 4 nitrogen and oxygen atoms in total. The fourth-order valence-electron chi connectivity index (χ4n) is 3.24. The lowest BCUT2D eigenvalue weighted by molar-refractivity contribution is -0.150. The van der Waals surface area contributed by atoms with E-state index in [2.05, 4.69) is 13.8 Å². The van der Waals surface area contributed by atoms with Crippen LogP contribution in [0.2, 0.25) is 0 Å². The zero-order valence-corrected chi connectivity index (χ0v) is 17.3. The number of carboxylic acids is 1. The van der Waals surface area contributed by atoms with Gasteiger partial charge in [0.2, 0.25) is 0 Å². The van der Waals surface area contributed by atoms with Crippen LogP contribution in [0.1, 0.15) is 117 Å². The predicted octanol–water partition coefficient (Wildman–Crippen LogP) is 6.51. The maximum absolute atomic E-state index is 12.4. The average molecular weight is 371 g/mol. The molecule has 1 N–H and O–H groups in total. The highest BCUT2D eigenvalue weighted by Gasteiger charge is 2.19. The van der Waals surface area contributed by atoms with Gasteiger partial charge in [-0.3, -0.25) is 9.59 Å². The lowest BCUT2D eigenvalue weighted by Gasteiger charge is -2.16. The first-order valence-electron chi connectivity index (χ1n) is 11.0. The van der Waals surface area contributed by atoms with Crippen molar-refractivity contribution in [3.63, 3.8) is 0 Å². The third kappa shape index (κ3) is 16.4. The van der Waals surface area contributed by atoms with Crippen LogP contribution in [0.15, 0.2) is 0 Å². The van der Waals surface area contributed by atoms with Gasteiger partial charge in [0.1, 0.15) is 0 Å². The highest BCUT2D eigenvalue weighted by molar-refractivity contribution is 5.72. The summed E-state index contributed by atoms with van der Waals surface area (Å²) in [5.74, 6) is -0.952. The van der Waals surface area contributed by atoms with E-state index in [4.69, 9.17) is 9.84 Å². The topological polar surface area (TPSA) is 63.6 Å². The third-order valence-corrected chi connectivity index (χ3v) is 4.92. The van der Waals surface area contributed by atoms with Gasteiger partial charge in [0.05, 0.1) is 12.5 Å². The van der Waals surface area contributed by atoms with E-state index in [1.54, 1.807) is 0 Å². The van der Waals surface area contributed by atoms with Gasteiger partial charge >= 0.3 is 11.9 Å². The molecule has 0 atom stereocenters. The largest absolute Gasteiger partial charge is 0.481 e. The van der Waals surface area contributed by atoms with Gasteiger partial charge in [-0.25, -0.2) is 0 Å². The van der Waals surface area contributed by atoms with Crippen LogP contribution in [0.3, 0.4) is 0 Å². The van der Waals surface area contributed by atoms with Crippen LogP contribution in [0.5, 0.6) is 0 Å². The van der Waals surface area contributed by atoms with Gasteiger partial charge in [0, 0.05) is 6.42 Å². The average Bonchev–Trinajstić information content (AvgIpc) is 2.62. The van der Waals surface area contributed by atoms with E-state index in [1.807, 2.05) is 0 Å². The van der Waals surface area contributed by atoms with Crippen molar-refractivity contribution in [2.45, 2.75) is 117 Å². The van der Waals surface area contributed by atoms with Gasteiger partial charge in [0.25, 0.3) is 0 Å². The molecule has 0 fully saturated rings. The van der Waals surface area contributed by atoms with Crippen molar-refractivity contribution < 1.29 is 19.4 Å². The summed E-state index contributed by atoms with van der Waals surface area (Å²) in [7, 11) is 0. The minimum atomic E-state index is -0.836. The molecule has 0 unspecified atom stereocenters. The van der Waals surface area contributed by atoms with Crippen molar-refractivity contribution in [2.24, 2.45) is 5.92 Å². The van der Waals surface area contributed by atoms with E-state index in [-0.39, 0.29) is 24.9 Å². The summed E-state index contributed by atoms with van der Waals surface area (Å²) in [6.45, 7) is 4.67. The standard InChI is InChI=1S/C22H42O4/c1-3-5-7-9-11-13-16-20(17-14-12-10-8-6-4-2)22(25)26-19-15-18-21(23)24/h20H,3-19H2,1-2H3,(H,23,24). The minimum absolute atomic E-state index is 0.00261. The second kappa shape index (κ2) is 18.7. The fourth-order valence-corrected chi connectivity index (χ4v) is 3.24. The fraction of sp³-hybridized carbons (Fsp3) is 0.909. The predicted molar refractivity (Wildman–Crippen MR) is 107 cm³/mol. The van der Waals surface area contributed by atoms with Crippen molar-refractivity contribution in [2.75, 3.05) is 6.61 Å². The Morgan fingerprint density at radius 1 is 0.731 bits per heavy atom. The van der Waals surface area contributed by atoms with Gasteiger partial charge < -0.3 is 9.84 Å². The molecule has 0 amide bonds. The summed E-state index contributed by atoms with van der Waals surface area (Å²) < 4.78 is 5.34. The van der Waals surface area contributed by atoms with Crippen LogP contribution in [-0.2, 0) is 14.3 Å². The zero-order chi connectivity index (χ0) is 19.5. The zero-order valence-electron chi connectivity index (χ0n) is 17.3. The van der Waals surface area contributed by atoms with Crippen LogP contribution < -0.4 is 0 Å².